The van der Waals surface area contributed by atoms with Gasteiger partial charge in [0.1, 0.15) is 5.82 Å². The van der Waals surface area contributed by atoms with Crippen molar-refractivity contribution in [2.24, 2.45) is 0 Å². The lowest BCUT2D eigenvalue weighted by molar-refractivity contribution is 0.651. The molecule has 1 aromatic carbocycles. The highest BCUT2D eigenvalue weighted by molar-refractivity contribution is 7.98. The monoisotopic (exact) mass is 286 g/mol. The highest BCUT2D eigenvalue weighted by Crippen LogP contribution is 2.22. The molecular formula is C16H18N2OS. The molecule has 0 bridgehead atoms. The molecule has 3 nitrogen and oxygen atoms in total. The summed E-state index contributed by atoms with van der Waals surface area (Å²) in [7, 11) is 0. The fourth-order valence-electron chi connectivity index (χ4n) is 2.51. The summed E-state index contributed by atoms with van der Waals surface area (Å²) in [6, 6.07) is 8.42. The van der Waals surface area contributed by atoms with Gasteiger partial charge in [-0.3, -0.25) is 4.79 Å². The van der Waals surface area contributed by atoms with Crippen molar-refractivity contribution >= 4 is 11.8 Å². The zero-order valence-corrected chi connectivity index (χ0v) is 12.4. The van der Waals surface area contributed by atoms with Crippen molar-refractivity contribution < 1.29 is 0 Å². The maximum Gasteiger partial charge on any atom is 0.254 e. The van der Waals surface area contributed by atoms with Crippen molar-refractivity contribution in [1.29, 1.82) is 0 Å². The predicted molar refractivity (Wildman–Crippen MR) is 82.2 cm³/mol. The number of aromatic nitrogens is 2. The Balaban J connectivity index is 1.76. The van der Waals surface area contributed by atoms with Crippen molar-refractivity contribution in [1.82, 2.24) is 9.97 Å². The number of nitrogens with one attached hydrogen (secondary N) is 1. The van der Waals surface area contributed by atoms with Crippen LogP contribution in [0.1, 0.15) is 35.5 Å². The zero-order valence-electron chi connectivity index (χ0n) is 11.6. The lowest BCUT2D eigenvalue weighted by Crippen LogP contribution is -2.22. The second kappa shape index (κ2) is 5.83. The standard InChI is InChI=1S/C16H18N2OS/c1-11-6-8-12(9-7-11)20-10-15-17-14-5-3-2-4-13(14)16(19)18-15/h6-9H,2-5,10H2,1H3,(H,17,18,19). The van der Waals surface area contributed by atoms with Gasteiger partial charge < -0.3 is 4.98 Å². The summed E-state index contributed by atoms with van der Waals surface area (Å²) >= 11 is 1.71. The minimum atomic E-state index is 0.0641. The molecule has 0 atom stereocenters. The molecular weight excluding hydrogens is 268 g/mol. The van der Waals surface area contributed by atoms with Crippen LogP contribution < -0.4 is 5.56 Å². The number of aromatic amines is 1. The van der Waals surface area contributed by atoms with Gasteiger partial charge in [0.2, 0.25) is 0 Å². The normalized spacial score (nSPS) is 14.1. The van der Waals surface area contributed by atoms with Crippen LogP contribution in [0.5, 0.6) is 0 Å². The Morgan fingerprint density at radius 2 is 1.95 bits per heavy atom. The second-order valence-corrected chi connectivity index (χ2v) is 6.30. The maximum absolute atomic E-state index is 12.0. The molecule has 3 rings (SSSR count). The number of hydrogen-bond acceptors (Lipinski definition) is 3. The Bertz CT molecular complexity index is 661. The summed E-state index contributed by atoms with van der Waals surface area (Å²) in [5.41, 5.74) is 3.24. The molecule has 1 aromatic heterocycles. The first-order chi connectivity index (χ1) is 9.72. The molecule has 0 saturated carbocycles. The molecule has 1 heterocycles. The molecule has 0 amide bonds. The Morgan fingerprint density at radius 1 is 1.20 bits per heavy atom. The van der Waals surface area contributed by atoms with E-state index in [0.717, 1.165) is 42.8 Å². The molecule has 1 aliphatic rings. The molecule has 2 aromatic rings. The number of rotatable bonds is 3. The van der Waals surface area contributed by atoms with E-state index in [1.54, 1.807) is 11.8 Å². The largest absolute Gasteiger partial charge is 0.310 e. The average Bonchev–Trinajstić information content (AvgIpc) is 2.47. The molecule has 104 valence electrons. The van der Waals surface area contributed by atoms with E-state index in [1.165, 1.54) is 10.5 Å². The molecule has 1 aliphatic carbocycles. The summed E-state index contributed by atoms with van der Waals surface area (Å²) in [5, 5.41) is 0. The number of aryl methyl sites for hydroxylation is 2. The molecule has 4 heteroatoms. The van der Waals surface area contributed by atoms with Gasteiger partial charge in [-0.1, -0.05) is 17.7 Å². The number of H-pyrrole nitrogens is 1. The molecule has 1 N–H and O–H groups in total. The molecule has 0 fully saturated rings. The van der Waals surface area contributed by atoms with Crippen molar-refractivity contribution in [3.8, 4) is 0 Å². The molecule has 0 saturated heterocycles. The van der Waals surface area contributed by atoms with Crippen LogP contribution in [-0.2, 0) is 18.6 Å². The van der Waals surface area contributed by atoms with Gasteiger partial charge in [0.25, 0.3) is 5.56 Å². The van der Waals surface area contributed by atoms with Crippen molar-refractivity contribution in [3.63, 3.8) is 0 Å². The molecule has 0 spiro atoms. The first-order valence-electron chi connectivity index (χ1n) is 7.03. The second-order valence-electron chi connectivity index (χ2n) is 5.25. The molecule has 0 aliphatic heterocycles. The number of fused-ring (bicyclic) bond motifs is 1. The van der Waals surface area contributed by atoms with E-state index in [4.69, 9.17) is 0 Å². The topological polar surface area (TPSA) is 45.8 Å². The quantitative estimate of drug-likeness (QED) is 0.881. The van der Waals surface area contributed by atoms with Gasteiger partial charge in [0, 0.05) is 10.5 Å². The van der Waals surface area contributed by atoms with Crippen LogP contribution >= 0.6 is 11.8 Å². The van der Waals surface area contributed by atoms with E-state index in [-0.39, 0.29) is 5.56 Å². The van der Waals surface area contributed by atoms with Gasteiger partial charge in [0.05, 0.1) is 11.4 Å². The van der Waals surface area contributed by atoms with Crippen LogP contribution in [0.25, 0.3) is 0 Å². The van der Waals surface area contributed by atoms with Gasteiger partial charge in [-0.2, -0.15) is 0 Å². The molecule has 0 radical (unpaired) electrons. The Hall–Kier alpha value is -1.55. The SMILES string of the molecule is Cc1ccc(SCc2nc3c(c(=O)[nH]2)CCCC3)cc1. The maximum atomic E-state index is 12.0. The summed E-state index contributed by atoms with van der Waals surface area (Å²) in [4.78, 5) is 20.8. The first kappa shape index (κ1) is 13.4. The predicted octanol–water partition coefficient (Wildman–Crippen LogP) is 3.25. The van der Waals surface area contributed by atoms with Crippen LogP contribution in [0.15, 0.2) is 34.0 Å². The first-order valence-corrected chi connectivity index (χ1v) is 8.01. The van der Waals surface area contributed by atoms with E-state index in [1.807, 2.05) is 0 Å². The summed E-state index contributed by atoms with van der Waals surface area (Å²) in [5.74, 6) is 1.51. The fourth-order valence-corrected chi connectivity index (χ4v) is 3.28. The average molecular weight is 286 g/mol. The minimum absolute atomic E-state index is 0.0641. The van der Waals surface area contributed by atoms with Crippen LogP contribution in [0.2, 0.25) is 0 Å². The van der Waals surface area contributed by atoms with E-state index >= 15 is 0 Å². The Kier molecular flexibility index (Phi) is 3.92. The van der Waals surface area contributed by atoms with Crippen LogP contribution in [-0.4, -0.2) is 9.97 Å². The molecule has 20 heavy (non-hydrogen) atoms. The van der Waals surface area contributed by atoms with Crippen LogP contribution in [0.4, 0.5) is 0 Å². The van der Waals surface area contributed by atoms with Gasteiger partial charge in [-0.15, -0.1) is 11.8 Å². The number of thioether (sulfide) groups is 1. The van der Waals surface area contributed by atoms with Crippen molar-refractivity contribution in [2.45, 2.75) is 43.3 Å². The molecule has 0 unspecified atom stereocenters. The van der Waals surface area contributed by atoms with E-state index in [2.05, 4.69) is 41.2 Å². The Labute approximate surface area is 122 Å². The fraction of sp³-hybridized carbons (Fsp3) is 0.375. The van der Waals surface area contributed by atoms with Gasteiger partial charge in [-0.25, -0.2) is 4.98 Å². The lowest BCUT2D eigenvalue weighted by atomic mass is 9.97. The highest BCUT2D eigenvalue weighted by Gasteiger charge is 2.15. The van der Waals surface area contributed by atoms with Crippen molar-refractivity contribution in [2.75, 3.05) is 0 Å². The Morgan fingerprint density at radius 3 is 2.75 bits per heavy atom. The highest BCUT2D eigenvalue weighted by atomic mass is 32.2. The minimum Gasteiger partial charge on any atom is -0.310 e. The number of benzene rings is 1. The van der Waals surface area contributed by atoms with Gasteiger partial charge >= 0.3 is 0 Å². The van der Waals surface area contributed by atoms with Crippen molar-refractivity contribution in [3.05, 3.63) is 57.3 Å². The summed E-state index contributed by atoms with van der Waals surface area (Å²) in [6.07, 6.45) is 4.08. The van der Waals surface area contributed by atoms with Crippen LogP contribution in [0.3, 0.4) is 0 Å². The number of hydrogen-bond donors (Lipinski definition) is 1. The van der Waals surface area contributed by atoms with E-state index in [9.17, 15) is 4.79 Å². The third-order valence-corrected chi connectivity index (χ3v) is 4.66. The third kappa shape index (κ3) is 2.96. The smallest absolute Gasteiger partial charge is 0.254 e. The lowest BCUT2D eigenvalue weighted by Gasteiger charge is -2.14. The van der Waals surface area contributed by atoms with E-state index < -0.39 is 0 Å². The van der Waals surface area contributed by atoms with Gasteiger partial charge in [0.15, 0.2) is 0 Å². The summed E-state index contributed by atoms with van der Waals surface area (Å²) < 4.78 is 0. The van der Waals surface area contributed by atoms with E-state index in [0.29, 0.717) is 5.75 Å². The van der Waals surface area contributed by atoms with Crippen LogP contribution in [0, 0.1) is 6.92 Å². The van der Waals surface area contributed by atoms with Gasteiger partial charge in [-0.05, 0) is 44.7 Å². The zero-order chi connectivity index (χ0) is 13.9. The number of nitrogens with zero attached hydrogens (tertiary/aromatic N) is 1. The summed E-state index contributed by atoms with van der Waals surface area (Å²) in [6.45, 7) is 2.08. The third-order valence-electron chi connectivity index (χ3n) is 3.64.